The van der Waals surface area contributed by atoms with E-state index in [1.807, 2.05) is 6.07 Å². The summed E-state index contributed by atoms with van der Waals surface area (Å²) in [5.74, 6) is 1.83. The van der Waals surface area contributed by atoms with Crippen molar-refractivity contribution >= 4 is 35.9 Å². The molecule has 152 valence electrons. The molecule has 9 heteroatoms. The van der Waals surface area contributed by atoms with Crippen molar-refractivity contribution in [2.24, 2.45) is 4.99 Å². The minimum atomic E-state index is 0. The van der Waals surface area contributed by atoms with Crippen LogP contribution in [0.5, 0.6) is 0 Å². The predicted molar refractivity (Wildman–Crippen MR) is 119 cm³/mol. The molecular weight excluding hydrogens is 457 g/mol. The molecule has 0 bridgehead atoms. The summed E-state index contributed by atoms with van der Waals surface area (Å²) >= 11 is 0. The van der Waals surface area contributed by atoms with Crippen LogP contribution in [0.3, 0.4) is 0 Å². The summed E-state index contributed by atoms with van der Waals surface area (Å²) in [6.45, 7) is 13.4. The molecule has 0 amide bonds. The van der Waals surface area contributed by atoms with Gasteiger partial charge in [-0.1, -0.05) is 0 Å². The van der Waals surface area contributed by atoms with Gasteiger partial charge in [0.25, 0.3) is 0 Å². The summed E-state index contributed by atoms with van der Waals surface area (Å²) in [5, 5.41) is 3.45. The van der Waals surface area contributed by atoms with Gasteiger partial charge in [-0.3, -0.25) is 9.89 Å². The summed E-state index contributed by atoms with van der Waals surface area (Å²) < 4.78 is 5.44. The topological polar surface area (TPSA) is 69.1 Å². The van der Waals surface area contributed by atoms with E-state index in [2.05, 4.69) is 43.8 Å². The van der Waals surface area contributed by atoms with Crippen LogP contribution in [0.2, 0.25) is 0 Å². The van der Waals surface area contributed by atoms with Crippen LogP contribution in [0.25, 0.3) is 0 Å². The Labute approximate surface area is 179 Å². The lowest BCUT2D eigenvalue weighted by atomic mass is 10.2. The second-order valence-corrected chi connectivity index (χ2v) is 6.71. The van der Waals surface area contributed by atoms with Crippen molar-refractivity contribution in [3.8, 4) is 0 Å². The van der Waals surface area contributed by atoms with Crippen LogP contribution in [0, 0.1) is 0 Å². The third-order valence-corrected chi connectivity index (χ3v) is 4.92. The second-order valence-electron chi connectivity index (χ2n) is 6.71. The first-order valence-corrected chi connectivity index (χ1v) is 9.65. The highest BCUT2D eigenvalue weighted by Gasteiger charge is 2.22. The van der Waals surface area contributed by atoms with E-state index in [0.717, 1.165) is 77.5 Å². The fourth-order valence-corrected chi connectivity index (χ4v) is 3.35. The number of aliphatic imine (C=N–C) groups is 1. The standard InChI is InChI=1S/C18H31N7O.HI/c1-3-19-17(22-15-16(2)23-11-13-26-14-12-23)24-7-9-25(10-8-24)18-20-5-4-6-21-18;/h4-6,16H,3,7-15H2,1-2H3,(H,19,22);1H. The van der Waals surface area contributed by atoms with E-state index < -0.39 is 0 Å². The minimum absolute atomic E-state index is 0. The number of hydrogen-bond donors (Lipinski definition) is 1. The third-order valence-electron chi connectivity index (χ3n) is 4.92. The lowest BCUT2D eigenvalue weighted by Gasteiger charge is -2.37. The zero-order valence-electron chi connectivity index (χ0n) is 16.4. The Hall–Kier alpha value is -1.20. The monoisotopic (exact) mass is 489 g/mol. The first kappa shape index (κ1) is 22.1. The number of guanidine groups is 1. The first-order valence-electron chi connectivity index (χ1n) is 9.65. The molecule has 0 saturated carbocycles. The van der Waals surface area contributed by atoms with Crippen LogP contribution in [-0.2, 0) is 4.74 Å². The third kappa shape index (κ3) is 6.42. The van der Waals surface area contributed by atoms with E-state index in [9.17, 15) is 0 Å². The Morgan fingerprint density at radius 3 is 2.44 bits per heavy atom. The van der Waals surface area contributed by atoms with E-state index in [1.165, 1.54) is 0 Å². The molecule has 27 heavy (non-hydrogen) atoms. The normalized spacial score (nSPS) is 20.1. The van der Waals surface area contributed by atoms with Crippen molar-refractivity contribution in [3.05, 3.63) is 18.5 Å². The van der Waals surface area contributed by atoms with Crippen molar-refractivity contribution in [2.75, 3.05) is 70.5 Å². The molecule has 0 aliphatic carbocycles. The highest BCUT2D eigenvalue weighted by molar-refractivity contribution is 14.0. The Morgan fingerprint density at radius 1 is 1.15 bits per heavy atom. The molecule has 8 nitrogen and oxygen atoms in total. The van der Waals surface area contributed by atoms with Gasteiger partial charge in [-0.25, -0.2) is 9.97 Å². The minimum Gasteiger partial charge on any atom is -0.379 e. The number of ether oxygens (including phenoxy) is 1. The summed E-state index contributed by atoms with van der Waals surface area (Å²) in [7, 11) is 0. The number of piperazine rings is 1. The SMILES string of the molecule is CCNC(=NCC(C)N1CCOCC1)N1CCN(c2ncccn2)CC1.I. The van der Waals surface area contributed by atoms with E-state index in [-0.39, 0.29) is 24.0 Å². The Balaban J connectivity index is 0.00000261. The van der Waals surface area contributed by atoms with Gasteiger partial charge in [-0.05, 0) is 19.9 Å². The molecule has 0 aromatic carbocycles. The van der Waals surface area contributed by atoms with E-state index in [0.29, 0.717) is 6.04 Å². The number of halogens is 1. The molecule has 3 heterocycles. The maximum Gasteiger partial charge on any atom is 0.225 e. The summed E-state index contributed by atoms with van der Waals surface area (Å²) in [5.41, 5.74) is 0. The van der Waals surface area contributed by atoms with Gasteiger partial charge in [0.15, 0.2) is 5.96 Å². The number of aromatic nitrogens is 2. The van der Waals surface area contributed by atoms with Gasteiger partial charge in [-0.15, -0.1) is 24.0 Å². The number of anilines is 1. The van der Waals surface area contributed by atoms with Crippen LogP contribution >= 0.6 is 24.0 Å². The highest BCUT2D eigenvalue weighted by atomic mass is 127. The first-order chi connectivity index (χ1) is 12.8. The summed E-state index contributed by atoms with van der Waals surface area (Å²) in [4.78, 5) is 20.7. The van der Waals surface area contributed by atoms with Gasteiger partial charge >= 0.3 is 0 Å². The van der Waals surface area contributed by atoms with Crippen LogP contribution < -0.4 is 10.2 Å². The van der Waals surface area contributed by atoms with Gasteiger partial charge in [0.05, 0.1) is 19.8 Å². The molecule has 0 spiro atoms. The predicted octanol–water partition coefficient (Wildman–Crippen LogP) is 0.903. The summed E-state index contributed by atoms with van der Waals surface area (Å²) in [6, 6.07) is 2.29. The summed E-state index contributed by atoms with van der Waals surface area (Å²) in [6.07, 6.45) is 3.60. The maximum atomic E-state index is 5.44. The van der Waals surface area contributed by atoms with Gasteiger partial charge in [0, 0.05) is 64.2 Å². The molecule has 1 unspecified atom stereocenters. The Morgan fingerprint density at radius 2 is 1.81 bits per heavy atom. The quantitative estimate of drug-likeness (QED) is 0.375. The number of rotatable bonds is 5. The van der Waals surface area contributed by atoms with Crippen molar-refractivity contribution < 1.29 is 4.74 Å². The molecule has 3 rings (SSSR count). The molecule has 1 aromatic heterocycles. The highest BCUT2D eigenvalue weighted by Crippen LogP contribution is 2.10. The van der Waals surface area contributed by atoms with E-state index >= 15 is 0 Å². The molecule has 1 aromatic rings. The zero-order chi connectivity index (χ0) is 18.2. The largest absolute Gasteiger partial charge is 0.379 e. The molecule has 2 aliphatic rings. The fraction of sp³-hybridized carbons (Fsp3) is 0.722. The number of nitrogens with zero attached hydrogens (tertiary/aromatic N) is 6. The molecule has 2 fully saturated rings. The smallest absolute Gasteiger partial charge is 0.225 e. The number of hydrogen-bond acceptors (Lipinski definition) is 6. The van der Waals surface area contributed by atoms with Gasteiger partial charge in [0.2, 0.25) is 5.95 Å². The van der Waals surface area contributed by atoms with Gasteiger partial charge in [-0.2, -0.15) is 0 Å². The molecule has 1 N–H and O–H groups in total. The molecular formula is C18H32IN7O. The zero-order valence-corrected chi connectivity index (χ0v) is 18.7. The molecule has 0 radical (unpaired) electrons. The lowest BCUT2D eigenvalue weighted by Crippen LogP contribution is -2.53. The fourth-order valence-electron chi connectivity index (χ4n) is 3.35. The Kier molecular flexibility index (Phi) is 9.49. The van der Waals surface area contributed by atoms with E-state index in [1.54, 1.807) is 12.4 Å². The lowest BCUT2D eigenvalue weighted by molar-refractivity contribution is 0.0220. The van der Waals surface area contributed by atoms with E-state index in [4.69, 9.17) is 9.73 Å². The maximum absolute atomic E-state index is 5.44. The van der Waals surface area contributed by atoms with Crippen LogP contribution in [-0.4, -0.2) is 97.3 Å². The van der Waals surface area contributed by atoms with Crippen molar-refractivity contribution in [2.45, 2.75) is 19.9 Å². The van der Waals surface area contributed by atoms with Crippen molar-refractivity contribution in [1.29, 1.82) is 0 Å². The molecule has 1 atom stereocenters. The van der Waals surface area contributed by atoms with Crippen molar-refractivity contribution in [3.63, 3.8) is 0 Å². The van der Waals surface area contributed by atoms with Gasteiger partial charge < -0.3 is 19.9 Å². The molecule has 2 saturated heterocycles. The number of nitrogens with one attached hydrogen (secondary N) is 1. The average Bonchev–Trinajstić information content (AvgIpc) is 2.72. The Bertz CT molecular complexity index is 560. The molecule has 2 aliphatic heterocycles. The second kappa shape index (κ2) is 11.6. The van der Waals surface area contributed by atoms with Gasteiger partial charge in [0.1, 0.15) is 0 Å². The average molecular weight is 489 g/mol. The van der Waals surface area contributed by atoms with Crippen molar-refractivity contribution in [1.82, 2.24) is 25.1 Å². The van der Waals surface area contributed by atoms with Crippen LogP contribution in [0.15, 0.2) is 23.5 Å². The van der Waals surface area contributed by atoms with Crippen LogP contribution in [0.4, 0.5) is 5.95 Å². The van der Waals surface area contributed by atoms with Crippen LogP contribution in [0.1, 0.15) is 13.8 Å². The number of morpholine rings is 1.